The molecule has 0 aliphatic rings. The standard InChI is InChI=1S/C15H15N3O/c1-3-11-10(2)8-9-14(19)15(11)18-16-12-6-4-5-7-13(12)17-18/h4-9,19H,3H2,1-2H3. The summed E-state index contributed by atoms with van der Waals surface area (Å²) in [4.78, 5) is 1.53. The van der Waals surface area contributed by atoms with Crippen molar-refractivity contribution in [3.63, 3.8) is 0 Å². The minimum absolute atomic E-state index is 0.211. The summed E-state index contributed by atoms with van der Waals surface area (Å²) in [6.07, 6.45) is 0.827. The maximum absolute atomic E-state index is 10.1. The lowest BCUT2D eigenvalue weighted by atomic mass is 10.0. The van der Waals surface area contributed by atoms with Crippen LogP contribution in [0.25, 0.3) is 16.7 Å². The zero-order valence-corrected chi connectivity index (χ0v) is 11.0. The Hall–Kier alpha value is -2.36. The highest BCUT2D eigenvalue weighted by atomic mass is 16.3. The summed E-state index contributed by atoms with van der Waals surface area (Å²) in [7, 11) is 0. The van der Waals surface area contributed by atoms with Crippen molar-refractivity contribution in [1.82, 2.24) is 15.0 Å². The zero-order valence-electron chi connectivity index (χ0n) is 11.0. The van der Waals surface area contributed by atoms with Crippen LogP contribution in [0.2, 0.25) is 0 Å². The average molecular weight is 253 g/mol. The summed E-state index contributed by atoms with van der Waals surface area (Å²) in [6.45, 7) is 4.10. The quantitative estimate of drug-likeness (QED) is 0.763. The lowest BCUT2D eigenvalue weighted by molar-refractivity contribution is 0.466. The fourth-order valence-corrected chi connectivity index (χ4v) is 2.35. The summed E-state index contributed by atoms with van der Waals surface area (Å²) in [5.41, 5.74) is 4.53. The smallest absolute Gasteiger partial charge is 0.143 e. The Bertz CT molecular complexity index is 713. The molecule has 0 fully saturated rings. The van der Waals surface area contributed by atoms with Crippen LogP contribution >= 0.6 is 0 Å². The second-order valence-corrected chi connectivity index (χ2v) is 4.56. The monoisotopic (exact) mass is 253 g/mol. The molecule has 0 atom stereocenters. The van der Waals surface area contributed by atoms with Crippen LogP contribution in [-0.2, 0) is 6.42 Å². The molecule has 0 unspecified atom stereocenters. The predicted molar refractivity (Wildman–Crippen MR) is 74.6 cm³/mol. The van der Waals surface area contributed by atoms with Gasteiger partial charge in [0.05, 0.1) is 0 Å². The lowest BCUT2D eigenvalue weighted by Gasteiger charge is -2.11. The van der Waals surface area contributed by atoms with Gasteiger partial charge in [-0.1, -0.05) is 25.1 Å². The molecule has 19 heavy (non-hydrogen) atoms. The van der Waals surface area contributed by atoms with Crippen molar-refractivity contribution >= 4 is 11.0 Å². The van der Waals surface area contributed by atoms with Gasteiger partial charge in [0.15, 0.2) is 0 Å². The molecule has 0 bridgehead atoms. The van der Waals surface area contributed by atoms with E-state index in [0.29, 0.717) is 5.69 Å². The molecule has 1 aromatic heterocycles. The van der Waals surface area contributed by atoms with E-state index >= 15 is 0 Å². The maximum Gasteiger partial charge on any atom is 0.143 e. The van der Waals surface area contributed by atoms with Gasteiger partial charge < -0.3 is 5.11 Å². The second kappa shape index (κ2) is 4.39. The van der Waals surface area contributed by atoms with Crippen molar-refractivity contribution in [1.29, 1.82) is 0 Å². The summed E-state index contributed by atoms with van der Waals surface area (Å²) < 4.78 is 0. The number of rotatable bonds is 2. The second-order valence-electron chi connectivity index (χ2n) is 4.56. The Kier molecular flexibility index (Phi) is 2.71. The number of phenolic OH excluding ortho intramolecular Hbond substituents is 1. The summed E-state index contributed by atoms with van der Waals surface area (Å²) in [5.74, 6) is 0.211. The van der Waals surface area contributed by atoms with Crippen LogP contribution in [-0.4, -0.2) is 20.1 Å². The largest absolute Gasteiger partial charge is 0.506 e. The van der Waals surface area contributed by atoms with E-state index in [0.717, 1.165) is 28.6 Å². The van der Waals surface area contributed by atoms with Gasteiger partial charge >= 0.3 is 0 Å². The number of hydrogen-bond acceptors (Lipinski definition) is 3. The average Bonchev–Trinajstić information content (AvgIpc) is 2.84. The maximum atomic E-state index is 10.1. The van der Waals surface area contributed by atoms with Crippen molar-refractivity contribution in [2.75, 3.05) is 0 Å². The highest BCUT2D eigenvalue weighted by Gasteiger charge is 2.14. The molecule has 1 heterocycles. The molecule has 3 rings (SSSR count). The van der Waals surface area contributed by atoms with Gasteiger partial charge in [-0.25, -0.2) is 0 Å². The highest BCUT2D eigenvalue weighted by molar-refractivity contribution is 5.74. The molecule has 0 aliphatic carbocycles. The lowest BCUT2D eigenvalue weighted by Crippen LogP contribution is -2.04. The van der Waals surface area contributed by atoms with Gasteiger partial charge in [-0.15, -0.1) is 15.0 Å². The van der Waals surface area contributed by atoms with Crippen LogP contribution < -0.4 is 0 Å². The third-order valence-corrected chi connectivity index (χ3v) is 3.34. The number of nitrogens with zero attached hydrogens (tertiary/aromatic N) is 3. The first-order valence-corrected chi connectivity index (χ1v) is 6.34. The molecule has 1 N–H and O–H groups in total. The number of phenols is 1. The first-order valence-electron chi connectivity index (χ1n) is 6.34. The Balaban J connectivity index is 2.29. The molecular formula is C15H15N3O. The Morgan fingerprint density at radius 1 is 1.05 bits per heavy atom. The van der Waals surface area contributed by atoms with Gasteiger partial charge in [0.2, 0.25) is 0 Å². The number of aromatic hydroxyl groups is 1. The minimum atomic E-state index is 0.211. The Labute approximate surface area is 111 Å². The highest BCUT2D eigenvalue weighted by Crippen LogP contribution is 2.28. The van der Waals surface area contributed by atoms with Crippen LogP contribution in [0.5, 0.6) is 5.75 Å². The number of hydrogen-bond donors (Lipinski definition) is 1. The van der Waals surface area contributed by atoms with Crippen molar-refractivity contribution in [2.45, 2.75) is 20.3 Å². The zero-order chi connectivity index (χ0) is 13.4. The molecule has 2 aromatic carbocycles. The normalized spacial score (nSPS) is 11.1. The molecular weight excluding hydrogens is 238 g/mol. The van der Waals surface area contributed by atoms with Gasteiger partial charge in [0, 0.05) is 0 Å². The third-order valence-electron chi connectivity index (χ3n) is 3.34. The summed E-state index contributed by atoms with van der Waals surface area (Å²) >= 11 is 0. The van der Waals surface area contributed by atoms with Crippen molar-refractivity contribution in [3.8, 4) is 11.4 Å². The molecule has 0 saturated carbocycles. The van der Waals surface area contributed by atoms with Crippen LogP contribution in [0.3, 0.4) is 0 Å². The van der Waals surface area contributed by atoms with E-state index in [4.69, 9.17) is 0 Å². The molecule has 96 valence electrons. The molecule has 0 aliphatic heterocycles. The van der Waals surface area contributed by atoms with E-state index in [1.54, 1.807) is 6.07 Å². The molecule has 0 spiro atoms. The number of aromatic nitrogens is 3. The van der Waals surface area contributed by atoms with Gasteiger partial charge in [0.1, 0.15) is 22.5 Å². The molecule has 0 saturated heterocycles. The van der Waals surface area contributed by atoms with E-state index in [1.165, 1.54) is 4.80 Å². The number of aryl methyl sites for hydroxylation is 1. The van der Waals surface area contributed by atoms with Crippen molar-refractivity contribution in [3.05, 3.63) is 47.5 Å². The van der Waals surface area contributed by atoms with E-state index < -0.39 is 0 Å². The minimum Gasteiger partial charge on any atom is -0.506 e. The number of fused-ring (bicyclic) bond motifs is 1. The van der Waals surface area contributed by atoms with E-state index in [2.05, 4.69) is 17.1 Å². The van der Waals surface area contributed by atoms with Gasteiger partial charge in [-0.05, 0) is 42.7 Å². The molecule has 4 nitrogen and oxygen atoms in total. The van der Waals surface area contributed by atoms with Gasteiger partial charge in [-0.2, -0.15) is 0 Å². The first-order chi connectivity index (χ1) is 9.20. The summed E-state index contributed by atoms with van der Waals surface area (Å²) in [5, 5.41) is 19.0. The predicted octanol–water partition coefficient (Wildman–Crippen LogP) is 3.00. The van der Waals surface area contributed by atoms with Gasteiger partial charge in [0.25, 0.3) is 0 Å². The fraction of sp³-hybridized carbons (Fsp3) is 0.200. The third kappa shape index (κ3) is 1.85. The van der Waals surface area contributed by atoms with Crippen LogP contribution in [0, 0.1) is 6.92 Å². The van der Waals surface area contributed by atoms with E-state index in [9.17, 15) is 5.11 Å². The number of benzene rings is 2. The molecule has 4 heteroatoms. The Morgan fingerprint density at radius 3 is 2.26 bits per heavy atom. The van der Waals surface area contributed by atoms with E-state index in [-0.39, 0.29) is 5.75 Å². The van der Waals surface area contributed by atoms with Crippen LogP contribution in [0.1, 0.15) is 18.1 Å². The molecule has 3 aromatic rings. The molecule has 0 radical (unpaired) electrons. The van der Waals surface area contributed by atoms with Crippen molar-refractivity contribution < 1.29 is 5.11 Å². The van der Waals surface area contributed by atoms with E-state index in [1.807, 2.05) is 37.3 Å². The van der Waals surface area contributed by atoms with Crippen LogP contribution in [0.4, 0.5) is 0 Å². The van der Waals surface area contributed by atoms with Crippen LogP contribution in [0.15, 0.2) is 36.4 Å². The summed E-state index contributed by atoms with van der Waals surface area (Å²) in [6, 6.07) is 11.3. The fourth-order valence-electron chi connectivity index (χ4n) is 2.35. The molecule has 0 amide bonds. The SMILES string of the molecule is CCc1c(C)ccc(O)c1-n1nc2ccccc2n1. The first kappa shape index (κ1) is 11.7. The van der Waals surface area contributed by atoms with Crippen molar-refractivity contribution in [2.24, 2.45) is 0 Å². The topological polar surface area (TPSA) is 50.9 Å². The van der Waals surface area contributed by atoms with Gasteiger partial charge in [-0.3, -0.25) is 0 Å². The Morgan fingerprint density at radius 2 is 1.68 bits per heavy atom.